The van der Waals surface area contributed by atoms with Gasteiger partial charge >= 0.3 is 5.97 Å². The van der Waals surface area contributed by atoms with Gasteiger partial charge in [-0.15, -0.1) is 0 Å². The third-order valence-electron chi connectivity index (χ3n) is 6.55. The maximum atomic E-state index is 12.6. The van der Waals surface area contributed by atoms with Crippen molar-refractivity contribution in [3.05, 3.63) is 88.6 Å². The lowest BCUT2D eigenvalue weighted by Crippen LogP contribution is -2.60. The minimum atomic E-state index is -1.57. The summed E-state index contributed by atoms with van der Waals surface area (Å²) in [7, 11) is 0. The highest BCUT2D eigenvalue weighted by Crippen LogP contribution is 2.32. The molecule has 1 saturated heterocycles. The number of phenolic OH excluding ortho intramolecular Hbond substituents is 2. The summed E-state index contributed by atoms with van der Waals surface area (Å²) < 4.78 is 21.9. The molecule has 42 heavy (non-hydrogen) atoms. The third-order valence-corrected chi connectivity index (χ3v) is 6.55. The summed E-state index contributed by atoms with van der Waals surface area (Å²) in [6.45, 7) is -0.585. The average Bonchev–Trinajstić information content (AvgIpc) is 2.97. The van der Waals surface area contributed by atoms with Crippen LogP contribution in [-0.4, -0.2) is 73.9 Å². The van der Waals surface area contributed by atoms with Crippen LogP contribution in [0, 0.1) is 0 Å². The number of phenols is 2. The van der Waals surface area contributed by atoms with E-state index in [0.717, 1.165) is 12.1 Å². The van der Waals surface area contributed by atoms with Crippen LogP contribution in [0.4, 0.5) is 0 Å². The Morgan fingerprint density at radius 1 is 0.881 bits per heavy atom. The molecule has 0 radical (unpaired) electrons. The monoisotopic (exact) mass is 578 g/mol. The van der Waals surface area contributed by atoms with Gasteiger partial charge in [-0.25, -0.2) is 4.79 Å². The second-order valence-electron chi connectivity index (χ2n) is 9.48. The van der Waals surface area contributed by atoms with Gasteiger partial charge in [0.1, 0.15) is 64.1 Å². The number of rotatable bonds is 7. The first kappa shape index (κ1) is 28.8. The maximum absolute atomic E-state index is 12.6. The van der Waals surface area contributed by atoms with Gasteiger partial charge < -0.3 is 49.3 Å². The maximum Gasteiger partial charge on any atom is 0.336 e. The molecule has 1 aliphatic rings. The number of ether oxygens (including phenoxy) is 3. The van der Waals surface area contributed by atoms with E-state index < -0.39 is 54.5 Å². The largest absolute Gasteiger partial charge is 0.508 e. The lowest BCUT2D eigenvalue weighted by molar-refractivity contribution is -0.277. The standard InChI is InChI=1S/C30H26O12/c31-14-24-27(36)28(37)29(38)30(42-24)40-18-8-1-15(2-9-18)3-10-25(35)39-19-11-20(33)26-21(34)13-22(41-23(26)12-19)16-4-6-17(32)7-5-16/h1-13,24,27-33,36-38H,14H2. The van der Waals surface area contributed by atoms with Crippen molar-refractivity contribution < 1.29 is 54.1 Å². The summed E-state index contributed by atoms with van der Waals surface area (Å²) in [4.78, 5) is 25.1. The molecule has 5 atom stereocenters. The first-order chi connectivity index (χ1) is 20.1. The van der Waals surface area contributed by atoms with Gasteiger partial charge in [0, 0.05) is 29.8 Å². The molecule has 0 saturated carbocycles. The quantitative estimate of drug-likeness (QED) is 0.106. The molecule has 0 amide bonds. The lowest BCUT2D eigenvalue weighted by Gasteiger charge is -2.39. The van der Waals surface area contributed by atoms with E-state index in [0.29, 0.717) is 11.1 Å². The number of aliphatic hydroxyl groups is 4. The molecule has 1 fully saturated rings. The number of aliphatic hydroxyl groups excluding tert-OH is 4. The van der Waals surface area contributed by atoms with Crippen LogP contribution in [0.15, 0.2) is 82.0 Å². The van der Waals surface area contributed by atoms with Gasteiger partial charge in [0.05, 0.1) is 6.61 Å². The van der Waals surface area contributed by atoms with Crippen LogP contribution in [0.3, 0.4) is 0 Å². The minimum absolute atomic E-state index is 0.00709. The Hall–Kier alpha value is -4.72. The Kier molecular flexibility index (Phi) is 8.24. The van der Waals surface area contributed by atoms with Gasteiger partial charge in [-0.1, -0.05) is 12.1 Å². The molecule has 12 heteroatoms. The molecular formula is C30H26O12. The Morgan fingerprint density at radius 2 is 1.60 bits per heavy atom. The second-order valence-corrected chi connectivity index (χ2v) is 9.48. The van der Waals surface area contributed by atoms with E-state index in [-0.39, 0.29) is 34.0 Å². The smallest absolute Gasteiger partial charge is 0.336 e. The molecule has 0 bridgehead atoms. The van der Waals surface area contributed by atoms with Crippen LogP contribution in [0.5, 0.6) is 23.0 Å². The Bertz CT molecular complexity index is 1660. The normalized spacial score (nSPS) is 22.3. The molecule has 2 heterocycles. The van der Waals surface area contributed by atoms with Crippen LogP contribution in [-0.2, 0) is 9.53 Å². The fourth-order valence-corrected chi connectivity index (χ4v) is 4.34. The predicted molar refractivity (Wildman–Crippen MR) is 147 cm³/mol. The minimum Gasteiger partial charge on any atom is -0.508 e. The zero-order valence-corrected chi connectivity index (χ0v) is 21.7. The van der Waals surface area contributed by atoms with Crippen molar-refractivity contribution in [2.45, 2.75) is 30.7 Å². The fraction of sp³-hybridized carbons (Fsp3) is 0.200. The highest BCUT2D eigenvalue weighted by Gasteiger charge is 2.44. The molecule has 3 aromatic carbocycles. The fourth-order valence-electron chi connectivity index (χ4n) is 4.34. The SMILES string of the molecule is O=C(C=Cc1ccc(OC2OC(CO)C(O)C(O)C2O)cc1)Oc1cc(O)c2c(=O)cc(-c3ccc(O)cc3)oc2c1. The first-order valence-corrected chi connectivity index (χ1v) is 12.7. The molecular weight excluding hydrogens is 552 g/mol. The van der Waals surface area contributed by atoms with Crippen LogP contribution in [0.1, 0.15) is 5.56 Å². The van der Waals surface area contributed by atoms with E-state index in [4.69, 9.17) is 18.6 Å². The molecule has 4 aromatic rings. The molecule has 5 unspecified atom stereocenters. The van der Waals surface area contributed by atoms with Crippen molar-refractivity contribution in [2.75, 3.05) is 6.61 Å². The Balaban J connectivity index is 1.26. The zero-order valence-electron chi connectivity index (χ0n) is 21.7. The molecule has 6 N–H and O–H groups in total. The van der Waals surface area contributed by atoms with E-state index in [1.807, 2.05) is 0 Å². The number of esters is 1. The lowest BCUT2D eigenvalue weighted by atomic mass is 9.99. The summed E-state index contributed by atoms with van der Waals surface area (Å²) >= 11 is 0. The van der Waals surface area contributed by atoms with Crippen molar-refractivity contribution >= 4 is 23.0 Å². The summed E-state index contributed by atoms with van der Waals surface area (Å²) in [6, 6.07) is 15.8. The van der Waals surface area contributed by atoms with E-state index in [9.17, 15) is 40.2 Å². The third kappa shape index (κ3) is 6.12. The van der Waals surface area contributed by atoms with E-state index in [2.05, 4.69) is 0 Å². The Morgan fingerprint density at radius 3 is 2.29 bits per heavy atom. The molecule has 12 nitrogen and oxygen atoms in total. The topological polar surface area (TPSA) is 196 Å². The summed E-state index contributed by atoms with van der Waals surface area (Å²) in [5, 5.41) is 59.0. The molecule has 1 aromatic heterocycles. The van der Waals surface area contributed by atoms with Crippen molar-refractivity contribution in [3.8, 4) is 34.3 Å². The summed E-state index contributed by atoms with van der Waals surface area (Å²) in [6.07, 6.45) is -4.49. The van der Waals surface area contributed by atoms with E-state index >= 15 is 0 Å². The first-order valence-electron chi connectivity index (χ1n) is 12.7. The van der Waals surface area contributed by atoms with Gasteiger partial charge in [0.2, 0.25) is 6.29 Å². The summed E-state index contributed by atoms with van der Waals surface area (Å²) in [5.74, 6) is -0.802. The van der Waals surface area contributed by atoms with Gasteiger partial charge in [-0.05, 0) is 48.0 Å². The highest BCUT2D eigenvalue weighted by atomic mass is 16.7. The van der Waals surface area contributed by atoms with Crippen molar-refractivity contribution in [1.82, 2.24) is 0 Å². The number of fused-ring (bicyclic) bond motifs is 1. The molecule has 218 valence electrons. The average molecular weight is 579 g/mol. The van der Waals surface area contributed by atoms with E-state index in [1.165, 1.54) is 42.5 Å². The number of carbonyl (C=O) groups excluding carboxylic acids is 1. The van der Waals surface area contributed by atoms with Gasteiger partial charge in [-0.3, -0.25) is 4.79 Å². The Labute approximate surface area is 237 Å². The van der Waals surface area contributed by atoms with Crippen LogP contribution in [0.2, 0.25) is 0 Å². The van der Waals surface area contributed by atoms with Crippen LogP contribution >= 0.6 is 0 Å². The molecule has 5 rings (SSSR count). The number of aromatic hydroxyl groups is 2. The van der Waals surface area contributed by atoms with Gasteiger partial charge in [0.25, 0.3) is 0 Å². The number of carbonyl (C=O) groups is 1. The second kappa shape index (κ2) is 12.0. The van der Waals surface area contributed by atoms with Crippen LogP contribution < -0.4 is 14.9 Å². The van der Waals surface area contributed by atoms with Gasteiger partial charge in [0.15, 0.2) is 5.43 Å². The number of hydrogen-bond donors (Lipinski definition) is 6. The van der Waals surface area contributed by atoms with Crippen molar-refractivity contribution in [1.29, 1.82) is 0 Å². The summed E-state index contributed by atoms with van der Waals surface area (Å²) in [5.41, 5.74) is 0.570. The van der Waals surface area contributed by atoms with Crippen LogP contribution in [0.25, 0.3) is 28.4 Å². The molecule has 0 aliphatic carbocycles. The van der Waals surface area contributed by atoms with E-state index in [1.54, 1.807) is 24.3 Å². The number of hydrogen-bond acceptors (Lipinski definition) is 12. The number of benzene rings is 3. The molecule has 1 aliphatic heterocycles. The highest BCUT2D eigenvalue weighted by molar-refractivity contribution is 5.91. The zero-order chi connectivity index (χ0) is 30.0. The van der Waals surface area contributed by atoms with Crippen molar-refractivity contribution in [2.24, 2.45) is 0 Å². The predicted octanol–water partition coefficient (Wildman–Crippen LogP) is 1.67. The van der Waals surface area contributed by atoms with Crippen molar-refractivity contribution in [3.63, 3.8) is 0 Å². The molecule has 0 spiro atoms. The van der Waals surface area contributed by atoms with Gasteiger partial charge in [-0.2, -0.15) is 0 Å².